The third kappa shape index (κ3) is 5.94. The zero-order valence-corrected chi connectivity index (χ0v) is 31.3. The molecule has 2 heterocycles. The predicted molar refractivity (Wildman–Crippen MR) is 237 cm³/mol. The molecule has 58 heavy (non-hydrogen) atoms. The van der Waals surface area contributed by atoms with Crippen LogP contribution < -0.4 is 9.64 Å². The lowest BCUT2D eigenvalue weighted by atomic mass is 9.91. The fourth-order valence-electron chi connectivity index (χ4n) is 8.08. The van der Waals surface area contributed by atoms with Crippen molar-refractivity contribution in [3.63, 3.8) is 0 Å². The van der Waals surface area contributed by atoms with E-state index in [1.165, 1.54) is 5.39 Å². The second-order valence-electron chi connectivity index (χ2n) is 14.4. The molecule has 5 nitrogen and oxygen atoms in total. The summed E-state index contributed by atoms with van der Waals surface area (Å²) in [6, 6.07) is 71.6. The van der Waals surface area contributed by atoms with Crippen LogP contribution in [0.5, 0.6) is 11.5 Å². The van der Waals surface area contributed by atoms with E-state index in [0.717, 1.165) is 83.7 Å². The summed E-state index contributed by atoms with van der Waals surface area (Å²) in [5.41, 5.74) is 10.5. The largest absolute Gasteiger partial charge is 0.456 e. The van der Waals surface area contributed by atoms with Crippen molar-refractivity contribution in [1.82, 2.24) is 15.0 Å². The fraction of sp³-hybridized carbons (Fsp3) is 0. The van der Waals surface area contributed by atoms with Crippen molar-refractivity contribution < 1.29 is 4.74 Å². The van der Waals surface area contributed by atoms with Crippen LogP contribution in [0.1, 0.15) is 0 Å². The first-order valence-corrected chi connectivity index (χ1v) is 19.4. The summed E-state index contributed by atoms with van der Waals surface area (Å²) in [5.74, 6) is 3.51. The summed E-state index contributed by atoms with van der Waals surface area (Å²) in [4.78, 5) is 17.5. The third-order valence-electron chi connectivity index (χ3n) is 10.9. The molecule has 0 bridgehead atoms. The number of anilines is 3. The van der Waals surface area contributed by atoms with Crippen LogP contribution in [0.4, 0.5) is 17.1 Å². The Hall–Kier alpha value is -7.89. The zero-order valence-electron chi connectivity index (χ0n) is 31.3. The number of nitrogens with zero attached hydrogens (tertiary/aromatic N) is 4. The van der Waals surface area contributed by atoms with Crippen molar-refractivity contribution in [2.45, 2.75) is 0 Å². The number of hydrogen-bond acceptors (Lipinski definition) is 5. The molecule has 10 aromatic rings. The van der Waals surface area contributed by atoms with Gasteiger partial charge in [0.2, 0.25) is 0 Å². The molecule has 1 aliphatic heterocycles. The van der Waals surface area contributed by atoms with Crippen LogP contribution in [0.2, 0.25) is 0 Å². The molecule has 1 aromatic heterocycles. The SMILES string of the molecule is c1ccc(-c2nc(-c3ccc4ccccc4c3)nc(-c3ccc4c5c(cccc35)-c3ccc(-c5ccc(N(c6ccccc6)c6ccccc6)cc5)cc3O4)n2)cc1. The number of para-hydroxylation sites is 2. The summed E-state index contributed by atoms with van der Waals surface area (Å²) in [5, 5.41) is 4.38. The van der Waals surface area contributed by atoms with Crippen molar-refractivity contribution in [3.05, 3.63) is 206 Å². The van der Waals surface area contributed by atoms with Gasteiger partial charge in [-0.25, -0.2) is 15.0 Å². The Morgan fingerprint density at radius 2 is 0.914 bits per heavy atom. The Kier molecular flexibility index (Phi) is 8.07. The van der Waals surface area contributed by atoms with E-state index in [1.807, 2.05) is 42.5 Å². The first-order chi connectivity index (χ1) is 28.7. The highest BCUT2D eigenvalue weighted by Crippen LogP contribution is 2.49. The van der Waals surface area contributed by atoms with Gasteiger partial charge in [0.05, 0.1) is 0 Å². The molecule has 11 rings (SSSR count). The van der Waals surface area contributed by atoms with Gasteiger partial charge in [-0.2, -0.15) is 0 Å². The van der Waals surface area contributed by atoms with Crippen molar-refractivity contribution in [2.75, 3.05) is 4.90 Å². The minimum absolute atomic E-state index is 0.614. The minimum atomic E-state index is 0.614. The van der Waals surface area contributed by atoms with Gasteiger partial charge in [-0.15, -0.1) is 0 Å². The van der Waals surface area contributed by atoms with E-state index in [4.69, 9.17) is 19.7 Å². The van der Waals surface area contributed by atoms with Crippen molar-refractivity contribution in [3.8, 4) is 67.9 Å². The molecule has 0 atom stereocenters. The van der Waals surface area contributed by atoms with Crippen LogP contribution in [0, 0.1) is 0 Å². The number of ether oxygens (including phenoxy) is 1. The molecule has 0 amide bonds. The van der Waals surface area contributed by atoms with Gasteiger partial charge in [0.1, 0.15) is 11.5 Å². The highest BCUT2D eigenvalue weighted by molar-refractivity contribution is 6.09. The lowest BCUT2D eigenvalue weighted by molar-refractivity contribution is 0.487. The van der Waals surface area contributed by atoms with Gasteiger partial charge in [0.25, 0.3) is 0 Å². The summed E-state index contributed by atoms with van der Waals surface area (Å²) >= 11 is 0. The molecule has 0 saturated heterocycles. The van der Waals surface area contributed by atoms with E-state index in [2.05, 4.69) is 169 Å². The highest BCUT2D eigenvalue weighted by atomic mass is 16.5. The van der Waals surface area contributed by atoms with Crippen LogP contribution in [-0.2, 0) is 0 Å². The molecule has 0 N–H and O–H groups in total. The number of rotatable bonds is 7. The molecule has 0 saturated carbocycles. The Morgan fingerprint density at radius 1 is 0.328 bits per heavy atom. The van der Waals surface area contributed by atoms with Crippen LogP contribution >= 0.6 is 0 Å². The van der Waals surface area contributed by atoms with E-state index in [0.29, 0.717) is 17.5 Å². The second-order valence-corrected chi connectivity index (χ2v) is 14.4. The van der Waals surface area contributed by atoms with Crippen molar-refractivity contribution >= 4 is 38.6 Å². The number of fused-ring (bicyclic) bond motifs is 3. The lowest BCUT2D eigenvalue weighted by Crippen LogP contribution is -2.09. The number of benzene rings is 9. The number of hydrogen-bond donors (Lipinski definition) is 0. The van der Waals surface area contributed by atoms with E-state index in [1.54, 1.807) is 0 Å². The summed E-state index contributed by atoms with van der Waals surface area (Å²) in [7, 11) is 0. The highest BCUT2D eigenvalue weighted by Gasteiger charge is 2.24. The monoisotopic (exact) mass is 742 g/mol. The van der Waals surface area contributed by atoms with Crippen LogP contribution in [0.25, 0.3) is 78.0 Å². The molecular weight excluding hydrogens is 709 g/mol. The van der Waals surface area contributed by atoms with Crippen LogP contribution in [0.3, 0.4) is 0 Å². The molecule has 0 fully saturated rings. The molecule has 1 aliphatic rings. The molecule has 5 heteroatoms. The molecule has 9 aromatic carbocycles. The van der Waals surface area contributed by atoms with Gasteiger partial charge >= 0.3 is 0 Å². The quantitative estimate of drug-likeness (QED) is 0.163. The van der Waals surface area contributed by atoms with Crippen molar-refractivity contribution in [2.24, 2.45) is 0 Å². The Balaban J connectivity index is 0.973. The van der Waals surface area contributed by atoms with Gasteiger partial charge in [-0.1, -0.05) is 140 Å². The van der Waals surface area contributed by atoms with Gasteiger partial charge in [0, 0.05) is 44.7 Å². The number of aromatic nitrogens is 3. The third-order valence-corrected chi connectivity index (χ3v) is 10.9. The predicted octanol–water partition coefficient (Wildman–Crippen LogP) is 14.1. The van der Waals surface area contributed by atoms with Gasteiger partial charge in [-0.3, -0.25) is 0 Å². The normalized spacial score (nSPS) is 11.6. The second kappa shape index (κ2) is 14.0. The Morgan fingerprint density at radius 3 is 1.66 bits per heavy atom. The first-order valence-electron chi connectivity index (χ1n) is 19.4. The average molecular weight is 743 g/mol. The Bertz CT molecular complexity index is 3090. The van der Waals surface area contributed by atoms with E-state index < -0.39 is 0 Å². The minimum Gasteiger partial charge on any atom is -0.456 e. The van der Waals surface area contributed by atoms with E-state index in [9.17, 15) is 0 Å². The van der Waals surface area contributed by atoms with Crippen LogP contribution in [-0.4, -0.2) is 15.0 Å². The van der Waals surface area contributed by atoms with E-state index in [-0.39, 0.29) is 0 Å². The van der Waals surface area contributed by atoms with Crippen molar-refractivity contribution in [1.29, 1.82) is 0 Å². The Labute approximate surface area is 336 Å². The molecular formula is C53H34N4O. The molecule has 272 valence electrons. The summed E-state index contributed by atoms with van der Waals surface area (Å²) in [6.45, 7) is 0. The maximum absolute atomic E-state index is 6.75. The smallest absolute Gasteiger partial charge is 0.164 e. The maximum Gasteiger partial charge on any atom is 0.164 e. The molecule has 0 spiro atoms. The molecule has 0 aliphatic carbocycles. The van der Waals surface area contributed by atoms with Crippen LogP contribution in [0.15, 0.2) is 206 Å². The average Bonchev–Trinajstić information content (AvgIpc) is 3.30. The summed E-state index contributed by atoms with van der Waals surface area (Å²) < 4.78 is 6.75. The topological polar surface area (TPSA) is 51.1 Å². The maximum atomic E-state index is 6.75. The van der Waals surface area contributed by atoms with Gasteiger partial charge < -0.3 is 9.64 Å². The first kappa shape index (κ1) is 33.4. The fourth-order valence-corrected chi connectivity index (χ4v) is 8.08. The zero-order chi connectivity index (χ0) is 38.4. The standard InChI is InChI=1S/C53H34N4O/c1-4-14-37(15-5-1)51-54-52(40-24-23-35-13-10-11-16-38(35)33-40)56-53(55-51)47-31-32-48-50-45(21-12-22-46(47)50)44-30-27-39(34-49(44)58-48)36-25-28-43(29-26-36)57(41-17-6-2-7-18-41)42-19-8-3-9-20-42/h1-34H. The molecule has 0 unspecified atom stereocenters. The molecule has 0 radical (unpaired) electrons. The lowest BCUT2D eigenvalue weighted by Gasteiger charge is -2.25. The van der Waals surface area contributed by atoms with E-state index >= 15 is 0 Å². The van der Waals surface area contributed by atoms with Gasteiger partial charge in [0.15, 0.2) is 17.5 Å². The van der Waals surface area contributed by atoms with Gasteiger partial charge in [-0.05, 0) is 99.6 Å². The summed E-state index contributed by atoms with van der Waals surface area (Å²) in [6.07, 6.45) is 0.